The van der Waals surface area contributed by atoms with Crippen molar-refractivity contribution in [1.82, 2.24) is 9.97 Å². The zero-order valence-electron chi connectivity index (χ0n) is 9.68. The number of ether oxygens (including phenoxy) is 2. The van der Waals surface area contributed by atoms with E-state index < -0.39 is 0 Å². The molecule has 1 aromatic heterocycles. The van der Waals surface area contributed by atoms with E-state index in [0.717, 1.165) is 17.7 Å². The first-order valence-corrected chi connectivity index (χ1v) is 5.78. The Labute approximate surface area is 103 Å². The smallest absolute Gasteiger partial charge is 0.251 e. The highest BCUT2D eigenvalue weighted by molar-refractivity contribution is 5.60. The van der Waals surface area contributed by atoms with Crippen molar-refractivity contribution in [3.05, 3.63) is 40.8 Å². The van der Waals surface area contributed by atoms with E-state index in [1.54, 1.807) is 0 Å². The molecule has 5 heteroatoms. The molecule has 1 N–H and O–H groups in total. The zero-order chi connectivity index (χ0) is 12.4. The second kappa shape index (κ2) is 4.52. The van der Waals surface area contributed by atoms with Crippen LogP contribution in [-0.4, -0.2) is 23.2 Å². The fourth-order valence-corrected chi connectivity index (χ4v) is 1.83. The molecule has 2 aromatic rings. The van der Waals surface area contributed by atoms with Gasteiger partial charge in [0.05, 0.1) is 13.2 Å². The molecule has 0 saturated heterocycles. The molecule has 0 saturated carbocycles. The van der Waals surface area contributed by atoms with Gasteiger partial charge in [-0.2, -0.15) is 0 Å². The number of rotatable bonds is 1. The first kappa shape index (κ1) is 10.8. The second-order valence-corrected chi connectivity index (χ2v) is 3.99. The highest BCUT2D eigenvalue weighted by Crippen LogP contribution is 2.32. The number of fused-ring (bicyclic) bond motifs is 1. The molecule has 0 bridgehead atoms. The van der Waals surface area contributed by atoms with Gasteiger partial charge in [0, 0.05) is 24.2 Å². The lowest BCUT2D eigenvalue weighted by molar-refractivity contribution is 0.297. The average Bonchev–Trinajstić information content (AvgIpc) is 2.63. The van der Waals surface area contributed by atoms with Gasteiger partial charge in [0.2, 0.25) is 0 Å². The van der Waals surface area contributed by atoms with E-state index in [0.29, 0.717) is 24.8 Å². The van der Waals surface area contributed by atoms with E-state index in [4.69, 9.17) is 9.47 Å². The largest absolute Gasteiger partial charge is 0.490 e. The predicted octanol–water partition coefficient (Wildman–Crippen LogP) is 1.60. The lowest BCUT2D eigenvalue weighted by Crippen LogP contribution is -2.05. The second-order valence-electron chi connectivity index (χ2n) is 3.99. The van der Waals surface area contributed by atoms with Crippen LogP contribution in [0.15, 0.2) is 35.3 Å². The number of hydrogen-bond acceptors (Lipinski definition) is 4. The molecule has 1 aliphatic rings. The fraction of sp³-hybridized carbons (Fsp3) is 0.231. The van der Waals surface area contributed by atoms with Gasteiger partial charge in [0.15, 0.2) is 11.5 Å². The summed E-state index contributed by atoms with van der Waals surface area (Å²) >= 11 is 0. The van der Waals surface area contributed by atoms with Crippen molar-refractivity contribution in [3.63, 3.8) is 0 Å². The molecule has 0 amide bonds. The van der Waals surface area contributed by atoms with Crippen LogP contribution in [0.25, 0.3) is 11.4 Å². The van der Waals surface area contributed by atoms with E-state index in [9.17, 15) is 4.79 Å². The maximum Gasteiger partial charge on any atom is 0.251 e. The van der Waals surface area contributed by atoms with Crippen molar-refractivity contribution in [2.24, 2.45) is 0 Å². The summed E-state index contributed by atoms with van der Waals surface area (Å²) in [5.74, 6) is 1.95. The van der Waals surface area contributed by atoms with Crippen molar-refractivity contribution in [1.29, 1.82) is 0 Å². The number of H-pyrrole nitrogens is 1. The van der Waals surface area contributed by atoms with Crippen molar-refractivity contribution in [2.45, 2.75) is 6.42 Å². The van der Waals surface area contributed by atoms with E-state index in [1.807, 2.05) is 18.2 Å². The Balaban J connectivity index is 2.04. The fourth-order valence-electron chi connectivity index (χ4n) is 1.83. The third kappa shape index (κ3) is 2.07. The highest BCUT2D eigenvalue weighted by atomic mass is 16.5. The monoisotopic (exact) mass is 244 g/mol. The highest BCUT2D eigenvalue weighted by Gasteiger charge is 2.12. The summed E-state index contributed by atoms with van der Waals surface area (Å²) in [6.45, 7) is 1.29. The SMILES string of the molecule is O=c1ccnc(-c2ccc3c(c2)OCCCO3)[nH]1. The minimum Gasteiger partial charge on any atom is -0.490 e. The van der Waals surface area contributed by atoms with Gasteiger partial charge in [0.25, 0.3) is 5.56 Å². The van der Waals surface area contributed by atoms with E-state index in [1.165, 1.54) is 12.3 Å². The van der Waals surface area contributed by atoms with E-state index >= 15 is 0 Å². The van der Waals surface area contributed by atoms with Gasteiger partial charge in [-0.3, -0.25) is 4.79 Å². The molecule has 0 aliphatic carbocycles. The molecule has 2 heterocycles. The Kier molecular flexibility index (Phi) is 2.72. The topological polar surface area (TPSA) is 64.2 Å². The van der Waals surface area contributed by atoms with Gasteiger partial charge < -0.3 is 14.5 Å². The van der Waals surface area contributed by atoms with Gasteiger partial charge in [0.1, 0.15) is 5.82 Å². The average molecular weight is 244 g/mol. The summed E-state index contributed by atoms with van der Waals surface area (Å²) in [6, 6.07) is 6.90. The van der Waals surface area contributed by atoms with Gasteiger partial charge >= 0.3 is 0 Å². The Morgan fingerprint density at radius 1 is 1.11 bits per heavy atom. The Morgan fingerprint density at radius 3 is 2.78 bits per heavy atom. The summed E-state index contributed by atoms with van der Waals surface area (Å²) in [6.07, 6.45) is 2.35. The molecule has 0 radical (unpaired) electrons. The third-order valence-electron chi connectivity index (χ3n) is 2.69. The Hall–Kier alpha value is -2.30. The minimum atomic E-state index is -0.174. The lowest BCUT2D eigenvalue weighted by atomic mass is 10.2. The molecular weight excluding hydrogens is 232 g/mol. The molecule has 0 unspecified atom stereocenters. The first-order chi connectivity index (χ1) is 8.83. The summed E-state index contributed by atoms with van der Waals surface area (Å²) in [7, 11) is 0. The molecule has 1 aliphatic heterocycles. The van der Waals surface area contributed by atoms with Crippen molar-refractivity contribution in [3.8, 4) is 22.9 Å². The van der Waals surface area contributed by atoms with Crippen molar-refractivity contribution >= 4 is 0 Å². The summed E-state index contributed by atoms with van der Waals surface area (Å²) in [5.41, 5.74) is 0.629. The van der Waals surface area contributed by atoms with Gasteiger partial charge in [-0.25, -0.2) is 4.98 Å². The Morgan fingerprint density at radius 2 is 1.94 bits per heavy atom. The summed E-state index contributed by atoms with van der Waals surface area (Å²) in [4.78, 5) is 18.1. The molecule has 18 heavy (non-hydrogen) atoms. The predicted molar refractivity (Wildman–Crippen MR) is 65.9 cm³/mol. The number of aromatic nitrogens is 2. The van der Waals surface area contributed by atoms with Crippen LogP contribution in [0.1, 0.15) is 6.42 Å². The van der Waals surface area contributed by atoms with Crippen LogP contribution in [0, 0.1) is 0 Å². The number of benzene rings is 1. The van der Waals surface area contributed by atoms with Gasteiger partial charge in [-0.05, 0) is 18.2 Å². The number of hydrogen-bond donors (Lipinski definition) is 1. The van der Waals surface area contributed by atoms with Crippen LogP contribution in [-0.2, 0) is 0 Å². The molecule has 0 atom stereocenters. The van der Waals surface area contributed by atoms with Crippen LogP contribution in [0.4, 0.5) is 0 Å². The van der Waals surface area contributed by atoms with Crippen molar-refractivity contribution < 1.29 is 9.47 Å². The third-order valence-corrected chi connectivity index (χ3v) is 2.69. The molecule has 5 nitrogen and oxygen atoms in total. The number of nitrogens with one attached hydrogen (secondary N) is 1. The molecule has 1 aromatic carbocycles. The van der Waals surface area contributed by atoms with Crippen LogP contribution in [0.2, 0.25) is 0 Å². The quantitative estimate of drug-likeness (QED) is 0.827. The summed E-state index contributed by atoms with van der Waals surface area (Å²) in [5, 5.41) is 0. The maximum atomic E-state index is 11.3. The maximum absolute atomic E-state index is 11.3. The number of nitrogens with zero attached hydrogens (tertiary/aromatic N) is 1. The molecule has 0 spiro atoms. The lowest BCUT2D eigenvalue weighted by Gasteiger charge is -2.08. The van der Waals surface area contributed by atoms with Crippen LogP contribution >= 0.6 is 0 Å². The van der Waals surface area contributed by atoms with Crippen molar-refractivity contribution in [2.75, 3.05) is 13.2 Å². The van der Waals surface area contributed by atoms with Gasteiger partial charge in [-0.1, -0.05) is 0 Å². The van der Waals surface area contributed by atoms with E-state index in [-0.39, 0.29) is 5.56 Å². The first-order valence-electron chi connectivity index (χ1n) is 5.78. The zero-order valence-corrected chi connectivity index (χ0v) is 9.68. The molecule has 3 rings (SSSR count). The normalized spacial score (nSPS) is 14.0. The number of aromatic amines is 1. The molecule has 0 fully saturated rings. The summed E-state index contributed by atoms with van der Waals surface area (Å²) < 4.78 is 11.1. The Bertz CT molecular complexity index is 622. The van der Waals surface area contributed by atoms with Crippen LogP contribution < -0.4 is 15.0 Å². The van der Waals surface area contributed by atoms with Crippen LogP contribution in [0.3, 0.4) is 0 Å². The molecular formula is C13H12N2O3. The minimum absolute atomic E-state index is 0.174. The standard InChI is InChI=1S/C13H12N2O3/c16-12-4-5-14-13(15-12)9-2-3-10-11(8-9)18-7-1-6-17-10/h2-5,8H,1,6-7H2,(H,14,15,16). The van der Waals surface area contributed by atoms with E-state index in [2.05, 4.69) is 9.97 Å². The van der Waals surface area contributed by atoms with Gasteiger partial charge in [-0.15, -0.1) is 0 Å². The van der Waals surface area contributed by atoms with Crippen LogP contribution in [0.5, 0.6) is 11.5 Å². The molecule has 92 valence electrons.